The van der Waals surface area contributed by atoms with E-state index in [4.69, 9.17) is 9.47 Å². The van der Waals surface area contributed by atoms with Crippen molar-refractivity contribution in [2.24, 2.45) is 0 Å². The molecule has 0 radical (unpaired) electrons. The molecule has 0 spiro atoms. The van der Waals surface area contributed by atoms with E-state index in [2.05, 4.69) is 22.4 Å². The number of hydrogen-bond acceptors (Lipinski definition) is 4. The Bertz CT molecular complexity index is 877. The first-order valence-corrected chi connectivity index (χ1v) is 8.89. The van der Waals surface area contributed by atoms with Crippen LogP contribution in [0.15, 0.2) is 48.7 Å². The van der Waals surface area contributed by atoms with Crippen LogP contribution in [0.4, 0.5) is 4.39 Å². The molecule has 142 valence electrons. The van der Waals surface area contributed by atoms with Gasteiger partial charge < -0.3 is 14.8 Å². The van der Waals surface area contributed by atoms with Gasteiger partial charge in [0.25, 0.3) is 0 Å². The molecular weight excluding hydrogens is 345 g/mol. The molecule has 0 aliphatic carbocycles. The maximum Gasteiger partial charge on any atom is 0.161 e. The standard InChI is InChI=1S/C21H24FN3O2/c1-4-18(15-7-10-19(26-2)20(11-15)27-3)23-12-16-13-24-25-21(16)14-5-8-17(22)9-6-14/h5-11,13,18,23H,4,12H2,1-3H3,(H,24,25). The highest BCUT2D eigenvalue weighted by Gasteiger charge is 2.14. The highest BCUT2D eigenvalue weighted by Crippen LogP contribution is 2.31. The average Bonchev–Trinajstić information content (AvgIpc) is 3.17. The summed E-state index contributed by atoms with van der Waals surface area (Å²) in [6.45, 7) is 2.76. The van der Waals surface area contributed by atoms with Gasteiger partial charge in [-0.2, -0.15) is 5.10 Å². The molecule has 0 aliphatic rings. The topological polar surface area (TPSA) is 59.2 Å². The maximum absolute atomic E-state index is 13.2. The molecule has 0 fully saturated rings. The molecule has 1 unspecified atom stereocenters. The number of ether oxygens (including phenoxy) is 2. The van der Waals surface area contributed by atoms with Crippen molar-refractivity contribution in [3.8, 4) is 22.8 Å². The molecule has 1 aromatic heterocycles. The average molecular weight is 369 g/mol. The molecular formula is C21H24FN3O2. The minimum absolute atomic E-state index is 0.153. The molecule has 0 saturated carbocycles. The lowest BCUT2D eigenvalue weighted by atomic mass is 10.0. The zero-order valence-electron chi connectivity index (χ0n) is 15.8. The van der Waals surface area contributed by atoms with Crippen molar-refractivity contribution in [2.75, 3.05) is 14.2 Å². The van der Waals surface area contributed by atoms with Crippen LogP contribution in [0.25, 0.3) is 11.3 Å². The predicted octanol–water partition coefficient (Wildman–Crippen LogP) is 4.47. The zero-order chi connectivity index (χ0) is 19.2. The maximum atomic E-state index is 13.2. The summed E-state index contributed by atoms with van der Waals surface area (Å²) in [5.74, 6) is 1.17. The summed E-state index contributed by atoms with van der Waals surface area (Å²) >= 11 is 0. The fraction of sp³-hybridized carbons (Fsp3) is 0.286. The number of halogens is 1. The van der Waals surface area contributed by atoms with Gasteiger partial charge in [-0.1, -0.05) is 13.0 Å². The molecule has 0 saturated heterocycles. The summed E-state index contributed by atoms with van der Waals surface area (Å²) in [7, 11) is 3.26. The predicted molar refractivity (Wildman–Crippen MR) is 103 cm³/mol. The number of methoxy groups -OCH3 is 2. The van der Waals surface area contributed by atoms with E-state index >= 15 is 0 Å². The summed E-state index contributed by atoms with van der Waals surface area (Å²) in [5, 5.41) is 10.7. The van der Waals surface area contributed by atoms with E-state index in [1.807, 2.05) is 18.2 Å². The molecule has 0 amide bonds. The third-order valence-electron chi connectivity index (χ3n) is 4.61. The van der Waals surface area contributed by atoms with Crippen molar-refractivity contribution in [3.05, 3.63) is 65.6 Å². The molecule has 27 heavy (non-hydrogen) atoms. The third-order valence-corrected chi connectivity index (χ3v) is 4.61. The summed E-state index contributed by atoms with van der Waals surface area (Å²) in [4.78, 5) is 0. The van der Waals surface area contributed by atoms with Crippen LogP contribution in [0.2, 0.25) is 0 Å². The lowest BCUT2D eigenvalue weighted by Gasteiger charge is -2.19. The molecule has 1 heterocycles. The van der Waals surface area contributed by atoms with E-state index in [1.54, 1.807) is 32.5 Å². The van der Waals surface area contributed by atoms with Crippen molar-refractivity contribution in [3.63, 3.8) is 0 Å². The number of nitrogens with zero attached hydrogens (tertiary/aromatic N) is 1. The highest BCUT2D eigenvalue weighted by atomic mass is 19.1. The summed E-state index contributed by atoms with van der Waals surface area (Å²) in [5.41, 5.74) is 3.96. The minimum Gasteiger partial charge on any atom is -0.493 e. The second kappa shape index (κ2) is 8.68. The van der Waals surface area contributed by atoms with Crippen LogP contribution in [-0.4, -0.2) is 24.4 Å². The Morgan fingerprint density at radius 3 is 2.48 bits per heavy atom. The molecule has 2 aromatic carbocycles. The summed E-state index contributed by atoms with van der Waals surface area (Å²) in [6, 6.07) is 12.5. The Kier molecular flexibility index (Phi) is 6.08. The number of aromatic amines is 1. The second-order valence-electron chi connectivity index (χ2n) is 6.23. The Labute approximate surface area is 158 Å². The van der Waals surface area contributed by atoms with E-state index in [0.29, 0.717) is 18.0 Å². The van der Waals surface area contributed by atoms with Crippen LogP contribution in [0.3, 0.4) is 0 Å². The lowest BCUT2D eigenvalue weighted by molar-refractivity contribution is 0.353. The molecule has 6 heteroatoms. The van der Waals surface area contributed by atoms with Gasteiger partial charge in [0.15, 0.2) is 11.5 Å². The van der Waals surface area contributed by atoms with Gasteiger partial charge in [0, 0.05) is 23.7 Å². The normalized spacial score (nSPS) is 12.0. The van der Waals surface area contributed by atoms with Crippen LogP contribution in [0, 0.1) is 5.82 Å². The number of benzene rings is 2. The lowest BCUT2D eigenvalue weighted by Crippen LogP contribution is -2.20. The van der Waals surface area contributed by atoms with E-state index in [1.165, 1.54) is 12.1 Å². The van der Waals surface area contributed by atoms with Gasteiger partial charge in [0.1, 0.15) is 5.82 Å². The fourth-order valence-corrected chi connectivity index (χ4v) is 3.11. The fourth-order valence-electron chi connectivity index (χ4n) is 3.11. The number of aromatic nitrogens is 2. The van der Waals surface area contributed by atoms with Gasteiger partial charge in [0.2, 0.25) is 0 Å². The molecule has 1 atom stereocenters. The molecule has 3 aromatic rings. The number of hydrogen-bond donors (Lipinski definition) is 2. The van der Waals surface area contributed by atoms with E-state index in [9.17, 15) is 4.39 Å². The number of rotatable bonds is 8. The van der Waals surface area contributed by atoms with Crippen LogP contribution < -0.4 is 14.8 Å². The first kappa shape index (κ1) is 18.9. The van der Waals surface area contributed by atoms with Crippen molar-refractivity contribution in [1.82, 2.24) is 15.5 Å². The van der Waals surface area contributed by atoms with Crippen molar-refractivity contribution in [2.45, 2.75) is 25.9 Å². The van der Waals surface area contributed by atoms with Crippen LogP contribution in [-0.2, 0) is 6.54 Å². The van der Waals surface area contributed by atoms with Gasteiger partial charge in [-0.05, 0) is 48.4 Å². The Balaban J connectivity index is 1.76. The number of H-pyrrole nitrogens is 1. The van der Waals surface area contributed by atoms with Gasteiger partial charge >= 0.3 is 0 Å². The van der Waals surface area contributed by atoms with E-state index in [-0.39, 0.29) is 11.9 Å². The summed E-state index contributed by atoms with van der Waals surface area (Å²) in [6.07, 6.45) is 2.71. The smallest absolute Gasteiger partial charge is 0.161 e. The SMILES string of the molecule is CCC(NCc1cn[nH]c1-c1ccc(F)cc1)c1ccc(OC)c(OC)c1. The zero-order valence-corrected chi connectivity index (χ0v) is 15.8. The van der Waals surface area contributed by atoms with E-state index in [0.717, 1.165) is 28.8 Å². The molecule has 0 aliphatic heterocycles. The van der Waals surface area contributed by atoms with E-state index < -0.39 is 0 Å². The highest BCUT2D eigenvalue weighted by molar-refractivity contribution is 5.62. The van der Waals surface area contributed by atoms with Crippen molar-refractivity contribution < 1.29 is 13.9 Å². The van der Waals surface area contributed by atoms with Crippen molar-refractivity contribution >= 4 is 0 Å². The summed E-state index contributed by atoms with van der Waals surface area (Å²) < 4.78 is 23.9. The largest absolute Gasteiger partial charge is 0.493 e. The van der Waals surface area contributed by atoms with Crippen LogP contribution in [0.1, 0.15) is 30.5 Å². The molecule has 5 nitrogen and oxygen atoms in total. The van der Waals surface area contributed by atoms with Gasteiger partial charge in [-0.25, -0.2) is 4.39 Å². The first-order valence-electron chi connectivity index (χ1n) is 8.89. The Morgan fingerprint density at radius 2 is 1.81 bits per heavy atom. The molecule has 2 N–H and O–H groups in total. The molecule has 0 bridgehead atoms. The van der Waals surface area contributed by atoms with Gasteiger partial charge in [-0.3, -0.25) is 5.10 Å². The number of nitrogens with one attached hydrogen (secondary N) is 2. The Hall–Kier alpha value is -2.86. The third kappa shape index (κ3) is 4.28. The van der Waals surface area contributed by atoms with Gasteiger partial charge in [-0.15, -0.1) is 0 Å². The first-order chi connectivity index (χ1) is 13.2. The van der Waals surface area contributed by atoms with Crippen LogP contribution in [0.5, 0.6) is 11.5 Å². The van der Waals surface area contributed by atoms with Crippen molar-refractivity contribution in [1.29, 1.82) is 0 Å². The minimum atomic E-state index is -0.252. The monoisotopic (exact) mass is 369 g/mol. The second-order valence-corrected chi connectivity index (χ2v) is 6.23. The van der Waals surface area contributed by atoms with Crippen LogP contribution >= 0.6 is 0 Å². The molecule has 3 rings (SSSR count). The van der Waals surface area contributed by atoms with Gasteiger partial charge in [0.05, 0.1) is 26.1 Å². The Morgan fingerprint density at radius 1 is 1.07 bits per heavy atom. The quantitative estimate of drug-likeness (QED) is 0.615.